The number of ether oxygens (including phenoxy) is 1. The summed E-state index contributed by atoms with van der Waals surface area (Å²) in [6.45, 7) is 2.30. The van der Waals surface area contributed by atoms with Gasteiger partial charge >= 0.3 is 0 Å². The Bertz CT molecular complexity index is 421. The molecule has 16 heavy (non-hydrogen) atoms. The van der Waals surface area contributed by atoms with Crippen molar-refractivity contribution in [3.63, 3.8) is 0 Å². The van der Waals surface area contributed by atoms with Crippen molar-refractivity contribution in [3.8, 4) is 5.75 Å². The zero-order valence-corrected chi connectivity index (χ0v) is 9.09. The molecule has 0 unspecified atom stereocenters. The Hall–Kier alpha value is -1.81. The second-order valence-electron chi connectivity index (χ2n) is 3.58. The molecule has 2 aromatic heterocycles. The number of furan rings is 1. The molecule has 2 rings (SSSR count). The maximum atomic E-state index is 5.70. The van der Waals surface area contributed by atoms with Crippen LogP contribution in [-0.2, 0) is 6.61 Å². The molecule has 0 radical (unpaired) electrons. The van der Waals surface area contributed by atoms with E-state index < -0.39 is 0 Å². The van der Waals surface area contributed by atoms with Crippen LogP contribution in [0.2, 0.25) is 0 Å². The molecule has 2 heterocycles. The van der Waals surface area contributed by atoms with Crippen LogP contribution in [0.5, 0.6) is 5.75 Å². The predicted molar refractivity (Wildman–Crippen MR) is 59.9 cm³/mol. The lowest BCUT2D eigenvalue weighted by Crippen LogP contribution is -2.07. The Morgan fingerprint density at radius 1 is 1.44 bits per heavy atom. The lowest BCUT2D eigenvalue weighted by Gasteiger charge is -2.06. The molecule has 0 saturated carbocycles. The van der Waals surface area contributed by atoms with Gasteiger partial charge in [-0.25, -0.2) is 0 Å². The van der Waals surface area contributed by atoms with Crippen LogP contribution >= 0.6 is 0 Å². The van der Waals surface area contributed by atoms with Gasteiger partial charge < -0.3 is 14.9 Å². The Labute approximate surface area is 94.1 Å². The molecule has 84 valence electrons. The van der Waals surface area contributed by atoms with Crippen molar-refractivity contribution in [2.75, 3.05) is 0 Å². The van der Waals surface area contributed by atoms with Crippen molar-refractivity contribution in [2.45, 2.75) is 19.6 Å². The minimum absolute atomic E-state index is 0.0564. The van der Waals surface area contributed by atoms with Gasteiger partial charge in [0.2, 0.25) is 0 Å². The number of pyridine rings is 1. The summed E-state index contributed by atoms with van der Waals surface area (Å²) in [7, 11) is 0. The van der Waals surface area contributed by atoms with Crippen LogP contribution in [0.1, 0.15) is 24.4 Å². The van der Waals surface area contributed by atoms with Gasteiger partial charge in [-0.2, -0.15) is 0 Å². The summed E-state index contributed by atoms with van der Waals surface area (Å²) in [5.41, 5.74) is 6.55. The number of hydrogen-bond acceptors (Lipinski definition) is 4. The third-order valence-electron chi connectivity index (χ3n) is 2.19. The molecule has 0 aliphatic rings. The lowest BCUT2D eigenvalue weighted by atomic mass is 10.2. The summed E-state index contributed by atoms with van der Waals surface area (Å²) in [4.78, 5) is 4.20. The zero-order chi connectivity index (χ0) is 11.4. The molecule has 0 bridgehead atoms. The first-order valence-corrected chi connectivity index (χ1v) is 5.12. The van der Waals surface area contributed by atoms with E-state index >= 15 is 0 Å². The highest BCUT2D eigenvalue weighted by Gasteiger charge is 2.02. The highest BCUT2D eigenvalue weighted by atomic mass is 16.5. The first-order chi connectivity index (χ1) is 7.75. The fourth-order valence-electron chi connectivity index (χ4n) is 1.30. The summed E-state index contributed by atoms with van der Waals surface area (Å²) in [5, 5.41) is 0. The second kappa shape index (κ2) is 4.81. The van der Waals surface area contributed by atoms with E-state index in [-0.39, 0.29) is 6.04 Å². The smallest absolute Gasteiger partial charge is 0.146 e. The van der Waals surface area contributed by atoms with Crippen LogP contribution in [0.4, 0.5) is 0 Å². The van der Waals surface area contributed by atoms with Crippen LogP contribution in [0.3, 0.4) is 0 Å². The minimum atomic E-state index is -0.0564. The molecule has 0 aromatic carbocycles. The fraction of sp³-hybridized carbons (Fsp3) is 0.250. The van der Waals surface area contributed by atoms with E-state index in [0.29, 0.717) is 12.4 Å². The second-order valence-corrected chi connectivity index (χ2v) is 3.58. The monoisotopic (exact) mass is 218 g/mol. The van der Waals surface area contributed by atoms with Gasteiger partial charge in [-0.05, 0) is 31.2 Å². The van der Waals surface area contributed by atoms with Gasteiger partial charge in [0, 0.05) is 6.04 Å². The quantitative estimate of drug-likeness (QED) is 0.855. The summed E-state index contributed by atoms with van der Waals surface area (Å²) in [6, 6.07) is 7.36. The van der Waals surface area contributed by atoms with E-state index in [4.69, 9.17) is 14.9 Å². The maximum absolute atomic E-state index is 5.70. The van der Waals surface area contributed by atoms with Gasteiger partial charge in [-0.1, -0.05) is 0 Å². The first kappa shape index (κ1) is 10.7. The highest BCUT2D eigenvalue weighted by Crippen LogP contribution is 2.14. The van der Waals surface area contributed by atoms with E-state index in [0.717, 1.165) is 11.5 Å². The van der Waals surface area contributed by atoms with Crippen molar-refractivity contribution in [2.24, 2.45) is 5.73 Å². The molecule has 0 aliphatic heterocycles. The molecular formula is C12H14N2O2. The van der Waals surface area contributed by atoms with Crippen molar-refractivity contribution >= 4 is 0 Å². The molecular weight excluding hydrogens is 204 g/mol. The largest absolute Gasteiger partial charge is 0.484 e. The van der Waals surface area contributed by atoms with E-state index in [1.165, 1.54) is 0 Å². The Morgan fingerprint density at radius 2 is 2.31 bits per heavy atom. The number of nitrogens with two attached hydrogens (primary N) is 1. The SMILES string of the molecule is C[C@@H](N)c1ccc(OCc2ccco2)cn1. The molecule has 0 fully saturated rings. The minimum Gasteiger partial charge on any atom is -0.484 e. The van der Waals surface area contributed by atoms with Gasteiger partial charge in [-0.3, -0.25) is 4.98 Å². The Morgan fingerprint density at radius 3 is 2.88 bits per heavy atom. The van der Waals surface area contributed by atoms with Gasteiger partial charge in [0.05, 0.1) is 18.2 Å². The maximum Gasteiger partial charge on any atom is 0.146 e. The molecule has 0 saturated heterocycles. The van der Waals surface area contributed by atoms with Crippen molar-refractivity contribution in [1.29, 1.82) is 0 Å². The predicted octanol–water partition coefficient (Wildman–Crippen LogP) is 2.27. The summed E-state index contributed by atoms with van der Waals surface area (Å²) in [5.74, 6) is 1.50. The van der Waals surface area contributed by atoms with Gasteiger partial charge in [0.15, 0.2) is 0 Å². The Kier molecular flexibility index (Phi) is 3.22. The number of rotatable bonds is 4. The van der Waals surface area contributed by atoms with Crippen LogP contribution < -0.4 is 10.5 Å². The highest BCUT2D eigenvalue weighted by molar-refractivity contribution is 5.21. The van der Waals surface area contributed by atoms with Gasteiger partial charge in [0.1, 0.15) is 18.1 Å². The molecule has 4 heteroatoms. The van der Waals surface area contributed by atoms with E-state index in [2.05, 4.69) is 4.98 Å². The average Bonchev–Trinajstić information content (AvgIpc) is 2.80. The third kappa shape index (κ3) is 2.61. The number of nitrogens with zero attached hydrogens (tertiary/aromatic N) is 1. The van der Waals surface area contributed by atoms with Crippen LogP contribution in [-0.4, -0.2) is 4.98 Å². The van der Waals surface area contributed by atoms with E-state index in [1.54, 1.807) is 12.5 Å². The first-order valence-electron chi connectivity index (χ1n) is 5.12. The summed E-state index contributed by atoms with van der Waals surface area (Å²) < 4.78 is 10.6. The molecule has 2 N–H and O–H groups in total. The molecule has 0 aliphatic carbocycles. The van der Waals surface area contributed by atoms with E-state index in [1.807, 2.05) is 31.2 Å². The number of hydrogen-bond donors (Lipinski definition) is 1. The average molecular weight is 218 g/mol. The fourth-order valence-corrected chi connectivity index (χ4v) is 1.30. The van der Waals surface area contributed by atoms with Crippen molar-refractivity contribution < 1.29 is 9.15 Å². The van der Waals surface area contributed by atoms with Crippen LogP contribution in [0.15, 0.2) is 41.1 Å². The number of aromatic nitrogens is 1. The molecule has 4 nitrogen and oxygen atoms in total. The summed E-state index contributed by atoms with van der Waals surface area (Å²) >= 11 is 0. The van der Waals surface area contributed by atoms with Gasteiger partial charge in [-0.15, -0.1) is 0 Å². The molecule has 1 atom stereocenters. The Balaban J connectivity index is 1.95. The molecule has 0 spiro atoms. The molecule has 0 amide bonds. The van der Waals surface area contributed by atoms with Crippen molar-refractivity contribution in [3.05, 3.63) is 48.2 Å². The van der Waals surface area contributed by atoms with E-state index in [9.17, 15) is 0 Å². The van der Waals surface area contributed by atoms with Crippen LogP contribution in [0, 0.1) is 0 Å². The third-order valence-corrected chi connectivity index (χ3v) is 2.19. The van der Waals surface area contributed by atoms with Gasteiger partial charge in [0.25, 0.3) is 0 Å². The van der Waals surface area contributed by atoms with Crippen LogP contribution in [0.25, 0.3) is 0 Å². The zero-order valence-electron chi connectivity index (χ0n) is 9.09. The standard InChI is InChI=1S/C12H14N2O2/c1-9(13)12-5-4-10(7-14-12)16-8-11-3-2-6-15-11/h2-7,9H,8,13H2,1H3/t9-/m1/s1. The normalized spacial score (nSPS) is 12.4. The molecule has 2 aromatic rings. The van der Waals surface area contributed by atoms with Crippen molar-refractivity contribution in [1.82, 2.24) is 4.98 Å². The topological polar surface area (TPSA) is 61.3 Å². The summed E-state index contributed by atoms with van der Waals surface area (Å²) in [6.07, 6.45) is 3.29. The lowest BCUT2D eigenvalue weighted by molar-refractivity contribution is 0.269.